The first-order valence-electron chi connectivity index (χ1n) is 9.27. The third-order valence-corrected chi connectivity index (χ3v) is 4.72. The molecule has 0 fully saturated rings. The van der Waals surface area contributed by atoms with Crippen LogP contribution in [0.3, 0.4) is 0 Å². The quantitative estimate of drug-likeness (QED) is 0.224. The van der Waals surface area contributed by atoms with Crippen molar-refractivity contribution in [3.8, 4) is 11.1 Å². The van der Waals surface area contributed by atoms with Gasteiger partial charge in [0.1, 0.15) is 5.82 Å². The molecule has 30 heavy (non-hydrogen) atoms. The molecule has 0 radical (unpaired) electrons. The number of nitrogen functional groups attached to an aromatic ring is 3. The van der Waals surface area contributed by atoms with Crippen molar-refractivity contribution in [1.82, 2.24) is 4.98 Å². The molecule has 1 aromatic heterocycles. The fourth-order valence-electron chi connectivity index (χ4n) is 3.06. The van der Waals surface area contributed by atoms with Crippen LogP contribution >= 0.6 is 11.6 Å². The molecule has 0 aliphatic heterocycles. The number of hydrogen-bond acceptors (Lipinski definition) is 7. The minimum atomic E-state index is 0.313. The van der Waals surface area contributed by atoms with Crippen LogP contribution in [-0.2, 0) is 13.0 Å². The van der Waals surface area contributed by atoms with E-state index in [1.54, 1.807) is 12.3 Å². The second-order valence-corrected chi connectivity index (χ2v) is 7.15. The zero-order valence-electron chi connectivity index (χ0n) is 16.3. The number of nitrogens with one attached hydrogen (secondary N) is 1. The highest BCUT2D eigenvalue weighted by atomic mass is 35.5. The Hall–Kier alpha value is -3.55. The number of hydrazine groups is 1. The molecule has 8 heteroatoms. The average molecular weight is 422 g/mol. The van der Waals surface area contributed by atoms with Crippen LogP contribution in [0.5, 0.6) is 0 Å². The summed E-state index contributed by atoms with van der Waals surface area (Å²) in [4.78, 5) is 8.57. The normalized spacial score (nSPS) is 11.7. The minimum absolute atomic E-state index is 0.313. The Morgan fingerprint density at radius 2 is 1.83 bits per heavy atom. The average Bonchev–Trinajstić information content (AvgIpc) is 2.75. The van der Waals surface area contributed by atoms with Gasteiger partial charge in [0.15, 0.2) is 5.82 Å². The largest absolute Gasteiger partial charge is 0.404 e. The number of hydrogen-bond donors (Lipinski definition) is 5. The third kappa shape index (κ3) is 5.28. The van der Waals surface area contributed by atoms with Gasteiger partial charge in [-0.2, -0.15) is 0 Å². The lowest BCUT2D eigenvalue weighted by Gasteiger charge is -2.11. The number of nitrogens with zero attached hydrogens (tertiary/aromatic N) is 2. The van der Waals surface area contributed by atoms with E-state index in [-0.39, 0.29) is 0 Å². The van der Waals surface area contributed by atoms with Gasteiger partial charge in [0.25, 0.3) is 0 Å². The summed E-state index contributed by atoms with van der Waals surface area (Å²) >= 11 is 6.31. The van der Waals surface area contributed by atoms with Gasteiger partial charge in [-0.15, -0.1) is 0 Å². The van der Waals surface area contributed by atoms with Crippen LogP contribution in [0.1, 0.15) is 11.1 Å². The molecule has 0 bridgehead atoms. The molecule has 7 nitrogen and oxygen atoms in total. The highest BCUT2D eigenvalue weighted by Crippen LogP contribution is 2.26. The molecule has 0 atom stereocenters. The summed E-state index contributed by atoms with van der Waals surface area (Å²) in [7, 11) is 0. The van der Waals surface area contributed by atoms with Gasteiger partial charge in [0.2, 0.25) is 0 Å². The van der Waals surface area contributed by atoms with Crippen LogP contribution in [0.15, 0.2) is 71.4 Å². The van der Waals surface area contributed by atoms with E-state index in [9.17, 15) is 0 Å². The van der Waals surface area contributed by atoms with Crippen molar-refractivity contribution in [2.45, 2.75) is 13.0 Å². The lowest BCUT2D eigenvalue weighted by Crippen LogP contribution is -2.14. The van der Waals surface area contributed by atoms with E-state index in [4.69, 9.17) is 34.6 Å². The number of aliphatic imine (C=N–C) groups is 1. The Bertz CT molecular complexity index is 1080. The van der Waals surface area contributed by atoms with Crippen LogP contribution in [0.2, 0.25) is 5.02 Å². The molecule has 0 saturated carbocycles. The van der Waals surface area contributed by atoms with Crippen LogP contribution in [0, 0.1) is 0 Å². The summed E-state index contributed by atoms with van der Waals surface area (Å²) < 4.78 is 0. The van der Waals surface area contributed by atoms with Crippen molar-refractivity contribution in [1.29, 1.82) is 0 Å². The molecule has 0 aliphatic rings. The smallest absolute Gasteiger partial charge is 0.165 e. The Morgan fingerprint density at radius 3 is 2.53 bits per heavy atom. The molecule has 154 valence electrons. The Labute approximate surface area is 180 Å². The zero-order valence-corrected chi connectivity index (χ0v) is 17.1. The van der Waals surface area contributed by atoms with Gasteiger partial charge >= 0.3 is 0 Å². The Kier molecular flexibility index (Phi) is 6.90. The summed E-state index contributed by atoms with van der Waals surface area (Å²) in [6, 6.07) is 17.7. The molecule has 0 saturated heterocycles. The monoisotopic (exact) mass is 421 g/mol. The number of rotatable bonds is 7. The molecule has 9 N–H and O–H groups in total. The summed E-state index contributed by atoms with van der Waals surface area (Å²) in [6.45, 7) is 0.460. The van der Waals surface area contributed by atoms with E-state index < -0.39 is 0 Å². The van der Waals surface area contributed by atoms with Gasteiger partial charge in [0.05, 0.1) is 12.2 Å². The fraction of sp³-hybridized carbons (Fsp3) is 0.0909. The van der Waals surface area contributed by atoms with Gasteiger partial charge in [-0.3, -0.25) is 4.99 Å². The summed E-state index contributed by atoms with van der Waals surface area (Å²) in [5.41, 5.74) is 25.2. The van der Waals surface area contributed by atoms with Gasteiger partial charge in [-0.25, -0.2) is 10.8 Å². The van der Waals surface area contributed by atoms with E-state index in [1.165, 1.54) is 6.20 Å². The van der Waals surface area contributed by atoms with Crippen molar-refractivity contribution in [2.75, 3.05) is 16.9 Å². The fourth-order valence-corrected chi connectivity index (χ4v) is 3.32. The Morgan fingerprint density at radius 1 is 1.07 bits per heavy atom. The van der Waals surface area contributed by atoms with Crippen LogP contribution in [0.4, 0.5) is 17.3 Å². The standard InChI is InChI=1S/C22H24ClN7/c23-19-8-14(6-17(9-19)16-4-2-1-3-5-16)12-28-13-15(11-24)7-18-10-20(25)29-22(30-27)21(18)26/h1-6,8-11,13H,7,12,24,26-27H2,(H3,25,29,30). The summed E-state index contributed by atoms with van der Waals surface area (Å²) in [5.74, 6) is 6.08. The lowest BCUT2D eigenvalue weighted by molar-refractivity contribution is 1.07. The van der Waals surface area contributed by atoms with Gasteiger partial charge < -0.3 is 22.6 Å². The predicted octanol–water partition coefficient (Wildman–Crippen LogP) is 3.51. The first kappa shape index (κ1) is 21.2. The third-order valence-electron chi connectivity index (χ3n) is 4.51. The van der Waals surface area contributed by atoms with Crippen LogP contribution < -0.4 is 28.5 Å². The van der Waals surface area contributed by atoms with Crippen molar-refractivity contribution in [2.24, 2.45) is 16.6 Å². The molecule has 2 aromatic carbocycles. The summed E-state index contributed by atoms with van der Waals surface area (Å²) in [6.07, 6.45) is 3.65. The molecular formula is C22H24ClN7. The van der Waals surface area contributed by atoms with Crippen molar-refractivity contribution in [3.05, 3.63) is 82.5 Å². The van der Waals surface area contributed by atoms with Gasteiger partial charge in [-0.1, -0.05) is 41.9 Å². The van der Waals surface area contributed by atoms with Crippen LogP contribution in [0.25, 0.3) is 11.1 Å². The Balaban J connectivity index is 1.75. The van der Waals surface area contributed by atoms with Gasteiger partial charge in [-0.05, 0) is 58.3 Å². The highest BCUT2D eigenvalue weighted by molar-refractivity contribution is 6.31. The zero-order chi connectivity index (χ0) is 21.5. The number of allylic oxidation sites excluding steroid dienone is 1. The van der Waals surface area contributed by atoms with E-state index >= 15 is 0 Å². The number of aromatic nitrogens is 1. The number of halogens is 1. The first-order chi connectivity index (χ1) is 14.5. The highest BCUT2D eigenvalue weighted by Gasteiger charge is 2.09. The molecule has 0 unspecified atom stereocenters. The molecule has 3 rings (SSSR count). The maximum atomic E-state index is 6.31. The van der Waals surface area contributed by atoms with Crippen molar-refractivity contribution in [3.63, 3.8) is 0 Å². The summed E-state index contributed by atoms with van der Waals surface area (Å²) in [5, 5.41) is 0.665. The number of nitrogens with two attached hydrogens (primary N) is 4. The molecule has 0 spiro atoms. The van der Waals surface area contributed by atoms with Crippen molar-refractivity contribution >= 4 is 35.1 Å². The van der Waals surface area contributed by atoms with E-state index in [2.05, 4.69) is 21.5 Å². The number of benzene rings is 2. The first-order valence-corrected chi connectivity index (χ1v) is 9.65. The second-order valence-electron chi connectivity index (χ2n) is 6.72. The molecule has 0 aliphatic carbocycles. The van der Waals surface area contributed by atoms with E-state index in [1.807, 2.05) is 42.5 Å². The molecule has 1 heterocycles. The number of anilines is 3. The molecular weight excluding hydrogens is 398 g/mol. The predicted molar refractivity (Wildman–Crippen MR) is 126 cm³/mol. The number of pyridine rings is 1. The van der Waals surface area contributed by atoms with E-state index in [0.29, 0.717) is 35.3 Å². The lowest BCUT2D eigenvalue weighted by atomic mass is 10.0. The molecule has 0 amide bonds. The topological polar surface area (TPSA) is 141 Å². The second kappa shape index (κ2) is 9.78. The minimum Gasteiger partial charge on any atom is -0.404 e. The van der Waals surface area contributed by atoms with Crippen LogP contribution in [-0.4, -0.2) is 11.2 Å². The van der Waals surface area contributed by atoms with Gasteiger partial charge in [0, 0.05) is 17.7 Å². The molecule has 3 aromatic rings. The maximum absolute atomic E-state index is 6.31. The maximum Gasteiger partial charge on any atom is 0.165 e. The van der Waals surface area contributed by atoms with Crippen molar-refractivity contribution < 1.29 is 0 Å². The van der Waals surface area contributed by atoms with E-state index in [0.717, 1.165) is 27.8 Å². The SMILES string of the molecule is NC=C(C=NCc1cc(Cl)cc(-c2ccccc2)c1)Cc1cc(N)nc(NN)c1N.